The number of para-hydroxylation sites is 1. The zero-order chi connectivity index (χ0) is 11.5. The largest absolute Gasteiger partial charge is 0.338 e. The molecular formula is C12H12ClN3. The van der Waals surface area contributed by atoms with Gasteiger partial charge in [0.05, 0.1) is 11.4 Å². The summed E-state index contributed by atoms with van der Waals surface area (Å²) in [5.74, 6) is 0.593. The van der Waals surface area contributed by atoms with Crippen LogP contribution in [0.2, 0.25) is 5.15 Å². The molecule has 0 saturated carbocycles. The molecule has 0 fully saturated rings. The number of aryl methyl sites for hydroxylation is 2. The van der Waals surface area contributed by atoms with Crippen LogP contribution in [0.5, 0.6) is 0 Å². The predicted octanol–water partition coefficient (Wildman–Crippen LogP) is 3.49. The third-order valence-corrected chi connectivity index (χ3v) is 2.56. The summed E-state index contributed by atoms with van der Waals surface area (Å²) < 4.78 is 0. The third kappa shape index (κ3) is 2.31. The van der Waals surface area contributed by atoms with Gasteiger partial charge in [0, 0.05) is 5.69 Å². The lowest BCUT2D eigenvalue weighted by atomic mass is 10.3. The van der Waals surface area contributed by atoms with Crippen LogP contribution in [0.1, 0.15) is 11.4 Å². The highest BCUT2D eigenvalue weighted by Gasteiger charge is 2.06. The van der Waals surface area contributed by atoms with Gasteiger partial charge >= 0.3 is 0 Å². The molecule has 0 unspecified atom stereocenters. The van der Waals surface area contributed by atoms with Gasteiger partial charge in [0.15, 0.2) is 11.0 Å². The number of hydrogen-bond acceptors (Lipinski definition) is 3. The first kappa shape index (κ1) is 10.9. The van der Waals surface area contributed by atoms with E-state index in [9.17, 15) is 0 Å². The Balaban J connectivity index is 2.32. The van der Waals surface area contributed by atoms with Gasteiger partial charge in [-0.15, -0.1) is 0 Å². The van der Waals surface area contributed by atoms with E-state index >= 15 is 0 Å². The summed E-state index contributed by atoms with van der Waals surface area (Å²) in [5, 5.41) is 3.53. The number of halogens is 1. The lowest BCUT2D eigenvalue weighted by molar-refractivity contribution is 1.05. The first-order chi connectivity index (χ1) is 7.66. The standard InChI is InChI=1S/C12H12ClN3/c1-8-9(2)15-12(11(13)14-8)16-10-6-4-3-5-7-10/h3-7H,1-2H3,(H,15,16). The molecule has 0 spiro atoms. The number of rotatable bonds is 2. The second kappa shape index (κ2) is 4.49. The van der Waals surface area contributed by atoms with Crippen molar-refractivity contribution in [1.82, 2.24) is 9.97 Å². The van der Waals surface area contributed by atoms with Gasteiger partial charge in [-0.2, -0.15) is 0 Å². The van der Waals surface area contributed by atoms with Crippen LogP contribution in [0.15, 0.2) is 30.3 Å². The quantitative estimate of drug-likeness (QED) is 0.863. The molecule has 1 aromatic heterocycles. The van der Waals surface area contributed by atoms with Crippen molar-refractivity contribution < 1.29 is 0 Å². The third-order valence-electron chi connectivity index (χ3n) is 2.30. The molecule has 1 aromatic carbocycles. The summed E-state index contributed by atoms with van der Waals surface area (Å²) >= 11 is 6.02. The Morgan fingerprint density at radius 2 is 1.62 bits per heavy atom. The van der Waals surface area contributed by atoms with Crippen LogP contribution in [-0.4, -0.2) is 9.97 Å². The SMILES string of the molecule is Cc1nc(Cl)c(Nc2ccccc2)nc1C. The lowest BCUT2D eigenvalue weighted by Crippen LogP contribution is -2.00. The fraction of sp³-hybridized carbons (Fsp3) is 0.167. The van der Waals surface area contributed by atoms with Crippen molar-refractivity contribution in [3.63, 3.8) is 0 Å². The Bertz CT molecular complexity index is 497. The van der Waals surface area contributed by atoms with Gasteiger partial charge in [-0.1, -0.05) is 29.8 Å². The number of aromatic nitrogens is 2. The normalized spacial score (nSPS) is 10.2. The minimum atomic E-state index is 0.395. The average molecular weight is 234 g/mol. The molecule has 0 aliphatic rings. The van der Waals surface area contributed by atoms with E-state index < -0.39 is 0 Å². The summed E-state index contributed by atoms with van der Waals surface area (Å²) in [7, 11) is 0. The van der Waals surface area contributed by atoms with Crippen LogP contribution < -0.4 is 5.32 Å². The summed E-state index contributed by atoms with van der Waals surface area (Å²) in [6.45, 7) is 3.80. The maximum Gasteiger partial charge on any atom is 0.172 e. The van der Waals surface area contributed by atoms with Crippen LogP contribution in [-0.2, 0) is 0 Å². The molecule has 0 aliphatic carbocycles. The predicted molar refractivity (Wildman–Crippen MR) is 66.2 cm³/mol. The molecule has 2 aromatic rings. The van der Waals surface area contributed by atoms with Gasteiger partial charge in [-0.25, -0.2) is 9.97 Å². The summed E-state index contributed by atoms with van der Waals surface area (Å²) in [4.78, 5) is 8.57. The molecule has 0 atom stereocenters. The lowest BCUT2D eigenvalue weighted by Gasteiger charge is -2.08. The van der Waals surface area contributed by atoms with Crippen LogP contribution in [0.3, 0.4) is 0 Å². The monoisotopic (exact) mass is 233 g/mol. The first-order valence-electron chi connectivity index (χ1n) is 4.99. The van der Waals surface area contributed by atoms with E-state index in [2.05, 4.69) is 15.3 Å². The second-order valence-electron chi connectivity index (χ2n) is 3.52. The second-order valence-corrected chi connectivity index (χ2v) is 3.88. The number of anilines is 2. The molecule has 16 heavy (non-hydrogen) atoms. The first-order valence-corrected chi connectivity index (χ1v) is 5.37. The van der Waals surface area contributed by atoms with Crippen LogP contribution in [0, 0.1) is 13.8 Å². The van der Waals surface area contributed by atoms with Crippen molar-refractivity contribution in [3.8, 4) is 0 Å². The minimum Gasteiger partial charge on any atom is -0.338 e. The molecular weight excluding hydrogens is 222 g/mol. The Morgan fingerprint density at radius 1 is 1.00 bits per heavy atom. The van der Waals surface area contributed by atoms with Crippen molar-refractivity contribution in [1.29, 1.82) is 0 Å². The topological polar surface area (TPSA) is 37.8 Å². The maximum atomic E-state index is 6.02. The zero-order valence-corrected chi connectivity index (χ0v) is 9.92. The van der Waals surface area contributed by atoms with Gasteiger partial charge < -0.3 is 5.32 Å². The summed E-state index contributed by atoms with van der Waals surface area (Å²) in [6.07, 6.45) is 0. The highest BCUT2D eigenvalue weighted by atomic mass is 35.5. The van der Waals surface area contributed by atoms with Gasteiger partial charge in [-0.3, -0.25) is 0 Å². The van der Waals surface area contributed by atoms with E-state index in [1.165, 1.54) is 0 Å². The van der Waals surface area contributed by atoms with E-state index in [-0.39, 0.29) is 0 Å². The highest BCUT2D eigenvalue weighted by molar-refractivity contribution is 6.31. The number of nitrogens with zero attached hydrogens (tertiary/aromatic N) is 2. The molecule has 0 aliphatic heterocycles. The zero-order valence-electron chi connectivity index (χ0n) is 9.16. The minimum absolute atomic E-state index is 0.395. The van der Waals surface area contributed by atoms with Crippen molar-refractivity contribution >= 4 is 23.1 Å². The van der Waals surface area contributed by atoms with Crippen LogP contribution >= 0.6 is 11.6 Å². The van der Waals surface area contributed by atoms with Crippen molar-refractivity contribution in [2.24, 2.45) is 0 Å². The van der Waals surface area contributed by atoms with Gasteiger partial charge in [-0.05, 0) is 26.0 Å². The van der Waals surface area contributed by atoms with Crippen LogP contribution in [0.25, 0.3) is 0 Å². The van der Waals surface area contributed by atoms with Crippen molar-refractivity contribution in [2.45, 2.75) is 13.8 Å². The maximum absolute atomic E-state index is 6.02. The van der Waals surface area contributed by atoms with Crippen molar-refractivity contribution in [2.75, 3.05) is 5.32 Å². The van der Waals surface area contributed by atoms with E-state index in [4.69, 9.17) is 11.6 Å². The molecule has 4 heteroatoms. The average Bonchev–Trinajstić information content (AvgIpc) is 2.27. The number of nitrogens with one attached hydrogen (secondary N) is 1. The fourth-order valence-electron chi connectivity index (χ4n) is 1.31. The molecule has 3 nitrogen and oxygen atoms in total. The Hall–Kier alpha value is -1.61. The van der Waals surface area contributed by atoms with E-state index in [0.29, 0.717) is 11.0 Å². The molecule has 0 amide bonds. The summed E-state index contributed by atoms with van der Waals surface area (Å²) in [5.41, 5.74) is 2.67. The Morgan fingerprint density at radius 3 is 2.31 bits per heavy atom. The molecule has 1 N–H and O–H groups in total. The van der Waals surface area contributed by atoms with E-state index in [0.717, 1.165) is 17.1 Å². The van der Waals surface area contributed by atoms with Gasteiger partial charge in [0.25, 0.3) is 0 Å². The molecule has 2 rings (SSSR count). The molecule has 82 valence electrons. The van der Waals surface area contributed by atoms with Gasteiger partial charge in [0.1, 0.15) is 0 Å². The van der Waals surface area contributed by atoms with E-state index in [1.54, 1.807) is 0 Å². The number of benzene rings is 1. The molecule has 0 bridgehead atoms. The molecule has 0 saturated heterocycles. The van der Waals surface area contributed by atoms with Crippen molar-refractivity contribution in [3.05, 3.63) is 46.9 Å². The number of hydrogen-bond donors (Lipinski definition) is 1. The van der Waals surface area contributed by atoms with Crippen LogP contribution in [0.4, 0.5) is 11.5 Å². The fourth-order valence-corrected chi connectivity index (χ4v) is 1.53. The molecule has 1 heterocycles. The summed E-state index contributed by atoms with van der Waals surface area (Å²) in [6, 6.07) is 9.76. The Labute approximate surface area is 99.5 Å². The Kier molecular flexibility index (Phi) is 3.06. The molecule has 0 radical (unpaired) electrons. The highest BCUT2D eigenvalue weighted by Crippen LogP contribution is 2.22. The van der Waals surface area contributed by atoms with Gasteiger partial charge in [0.2, 0.25) is 0 Å². The smallest absolute Gasteiger partial charge is 0.172 e. The van der Waals surface area contributed by atoms with E-state index in [1.807, 2.05) is 44.2 Å².